The van der Waals surface area contributed by atoms with Crippen LogP contribution in [-0.4, -0.2) is 63.5 Å². The topological polar surface area (TPSA) is 98.1 Å². The summed E-state index contributed by atoms with van der Waals surface area (Å²) in [4.78, 5) is 15.6. The van der Waals surface area contributed by atoms with Crippen LogP contribution in [0.4, 0.5) is 4.39 Å². The lowest BCUT2D eigenvalue weighted by atomic mass is 10.1. The summed E-state index contributed by atoms with van der Waals surface area (Å²) in [5.74, 6) is -0.153. The molecule has 2 aromatic rings. The highest BCUT2D eigenvalue weighted by Gasteiger charge is 2.35. The van der Waals surface area contributed by atoms with Crippen molar-refractivity contribution in [2.24, 2.45) is 5.92 Å². The Morgan fingerprint density at radius 3 is 2.81 bits per heavy atom. The highest BCUT2D eigenvalue weighted by molar-refractivity contribution is 7.91. The second-order valence-corrected chi connectivity index (χ2v) is 9.38. The van der Waals surface area contributed by atoms with Crippen LogP contribution < -0.4 is 0 Å². The number of carbonyl (C=O) groups excluding carboxylic acids is 1. The molecule has 10 heteroatoms. The van der Waals surface area contributed by atoms with Crippen LogP contribution in [-0.2, 0) is 21.2 Å². The third-order valence-corrected chi connectivity index (χ3v) is 6.09. The number of halogens is 1. The van der Waals surface area contributed by atoms with Gasteiger partial charge in [0.25, 0.3) is 0 Å². The van der Waals surface area contributed by atoms with E-state index >= 15 is 0 Å². The Balaban J connectivity index is 1.74. The fraction of sp³-hybridized carbons (Fsp3) is 0.529. The average Bonchev–Trinajstić information content (AvgIpc) is 3.18. The van der Waals surface area contributed by atoms with E-state index in [1.807, 2.05) is 13.8 Å². The van der Waals surface area contributed by atoms with Crippen LogP contribution >= 0.6 is 0 Å². The third-order valence-electron chi connectivity index (χ3n) is 4.34. The average molecular weight is 395 g/mol. The second kappa shape index (κ2) is 7.71. The normalized spacial score (nSPS) is 18.7. The molecule has 1 aromatic carbocycles. The van der Waals surface area contributed by atoms with E-state index in [0.29, 0.717) is 18.5 Å². The van der Waals surface area contributed by atoms with Gasteiger partial charge >= 0.3 is 0 Å². The molecule has 1 atom stereocenters. The maximum atomic E-state index is 13.3. The van der Waals surface area contributed by atoms with Gasteiger partial charge in [0.15, 0.2) is 9.84 Å². The minimum absolute atomic E-state index is 0.00914. The van der Waals surface area contributed by atoms with Crippen LogP contribution in [0.25, 0.3) is 11.4 Å². The predicted molar refractivity (Wildman–Crippen MR) is 96.8 cm³/mol. The zero-order valence-electron chi connectivity index (χ0n) is 15.2. The van der Waals surface area contributed by atoms with Crippen molar-refractivity contribution in [3.8, 4) is 11.4 Å². The first-order valence-corrected chi connectivity index (χ1v) is 10.6. The summed E-state index contributed by atoms with van der Waals surface area (Å²) in [6.07, 6.45) is 0.445. The van der Waals surface area contributed by atoms with Gasteiger partial charge in [-0.25, -0.2) is 12.8 Å². The molecule has 1 fully saturated rings. The number of amides is 1. The molecule has 0 N–H and O–H groups in total. The van der Waals surface area contributed by atoms with Gasteiger partial charge in [0.1, 0.15) is 12.4 Å². The van der Waals surface area contributed by atoms with Crippen LogP contribution in [0, 0.1) is 11.7 Å². The Kier molecular flexibility index (Phi) is 5.54. The van der Waals surface area contributed by atoms with Crippen molar-refractivity contribution < 1.29 is 17.6 Å². The van der Waals surface area contributed by atoms with Crippen molar-refractivity contribution in [2.45, 2.75) is 32.9 Å². The Labute approximate surface area is 157 Å². The van der Waals surface area contributed by atoms with Gasteiger partial charge in [-0.05, 0) is 29.7 Å². The molecule has 0 spiro atoms. The van der Waals surface area contributed by atoms with Gasteiger partial charge < -0.3 is 4.90 Å². The molecule has 3 rings (SSSR count). The largest absolute Gasteiger partial charge is 0.337 e. The SMILES string of the molecule is CC(C)CN(C(=O)Cn1nnc(-c2cccc(F)c2)n1)[C@@H]1CCS(=O)(=O)C1. The van der Waals surface area contributed by atoms with Crippen molar-refractivity contribution in [3.63, 3.8) is 0 Å². The molecule has 0 radical (unpaired) electrons. The smallest absolute Gasteiger partial charge is 0.246 e. The first-order chi connectivity index (χ1) is 12.7. The summed E-state index contributed by atoms with van der Waals surface area (Å²) >= 11 is 0. The van der Waals surface area contributed by atoms with Crippen LogP contribution in [0.15, 0.2) is 24.3 Å². The van der Waals surface area contributed by atoms with Crippen LogP contribution in [0.1, 0.15) is 20.3 Å². The number of tetrazole rings is 1. The van der Waals surface area contributed by atoms with E-state index in [-0.39, 0.29) is 41.7 Å². The van der Waals surface area contributed by atoms with Crippen LogP contribution in [0.2, 0.25) is 0 Å². The molecular formula is C17H22FN5O3S. The summed E-state index contributed by atoms with van der Waals surface area (Å²) in [7, 11) is -3.10. The molecule has 0 bridgehead atoms. The fourth-order valence-electron chi connectivity index (χ4n) is 3.13. The zero-order valence-corrected chi connectivity index (χ0v) is 16.1. The number of hydrogen-bond donors (Lipinski definition) is 0. The summed E-state index contributed by atoms with van der Waals surface area (Å²) < 4.78 is 36.9. The van der Waals surface area contributed by atoms with Crippen LogP contribution in [0.5, 0.6) is 0 Å². The van der Waals surface area contributed by atoms with E-state index in [0.717, 1.165) is 4.80 Å². The maximum absolute atomic E-state index is 13.3. The number of nitrogens with zero attached hydrogens (tertiary/aromatic N) is 5. The Hall–Kier alpha value is -2.36. The molecule has 27 heavy (non-hydrogen) atoms. The molecule has 0 saturated carbocycles. The quantitative estimate of drug-likeness (QED) is 0.728. The van der Waals surface area contributed by atoms with Gasteiger partial charge in [0.2, 0.25) is 11.7 Å². The van der Waals surface area contributed by atoms with Gasteiger partial charge in [0, 0.05) is 18.2 Å². The van der Waals surface area contributed by atoms with Crippen LogP contribution in [0.3, 0.4) is 0 Å². The summed E-state index contributed by atoms with van der Waals surface area (Å²) in [5, 5.41) is 11.9. The Morgan fingerprint density at radius 1 is 1.41 bits per heavy atom. The van der Waals surface area contributed by atoms with Crippen molar-refractivity contribution in [3.05, 3.63) is 30.1 Å². The molecule has 8 nitrogen and oxygen atoms in total. The van der Waals surface area contributed by atoms with Gasteiger partial charge in [-0.3, -0.25) is 4.79 Å². The molecule has 0 aliphatic carbocycles. The van der Waals surface area contributed by atoms with Gasteiger partial charge in [-0.2, -0.15) is 4.80 Å². The van der Waals surface area contributed by atoms with Gasteiger partial charge in [0.05, 0.1) is 11.5 Å². The first-order valence-electron chi connectivity index (χ1n) is 8.77. The number of aromatic nitrogens is 4. The minimum atomic E-state index is -3.10. The number of benzene rings is 1. The molecule has 1 aliphatic heterocycles. The number of hydrogen-bond acceptors (Lipinski definition) is 6. The molecule has 146 valence electrons. The van der Waals surface area contributed by atoms with Crippen molar-refractivity contribution >= 4 is 15.7 Å². The van der Waals surface area contributed by atoms with Crippen molar-refractivity contribution in [2.75, 3.05) is 18.1 Å². The molecule has 1 aliphatic rings. The highest BCUT2D eigenvalue weighted by Crippen LogP contribution is 2.20. The minimum Gasteiger partial charge on any atom is -0.337 e. The van der Waals surface area contributed by atoms with E-state index in [9.17, 15) is 17.6 Å². The Morgan fingerprint density at radius 2 is 2.19 bits per heavy atom. The molecule has 1 aromatic heterocycles. The number of carbonyl (C=O) groups is 1. The lowest BCUT2D eigenvalue weighted by molar-refractivity contribution is -0.134. The lowest BCUT2D eigenvalue weighted by Gasteiger charge is -2.29. The van der Waals surface area contributed by atoms with Gasteiger partial charge in [-0.1, -0.05) is 26.0 Å². The van der Waals surface area contributed by atoms with E-state index in [2.05, 4.69) is 15.4 Å². The fourth-order valence-corrected chi connectivity index (χ4v) is 4.86. The van der Waals surface area contributed by atoms with Crippen molar-refractivity contribution in [1.82, 2.24) is 25.1 Å². The molecule has 2 heterocycles. The number of rotatable bonds is 6. The highest BCUT2D eigenvalue weighted by atomic mass is 32.2. The molecular weight excluding hydrogens is 373 g/mol. The summed E-state index contributed by atoms with van der Waals surface area (Å²) in [6, 6.07) is 5.48. The standard InChI is InChI=1S/C17H22FN5O3S/c1-12(2)9-22(15-6-7-27(25,26)11-15)16(24)10-23-20-17(19-21-23)13-4-3-5-14(18)8-13/h3-5,8,12,15H,6-7,9-11H2,1-2H3/t15-/m1/s1. The summed E-state index contributed by atoms with van der Waals surface area (Å²) in [6.45, 7) is 4.26. The van der Waals surface area contributed by atoms with E-state index < -0.39 is 15.7 Å². The van der Waals surface area contributed by atoms with Gasteiger partial charge in [-0.15, -0.1) is 10.2 Å². The third kappa shape index (κ3) is 4.88. The number of sulfone groups is 1. The van der Waals surface area contributed by atoms with E-state index in [1.165, 1.54) is 12.1 Å². The lowest BCUT2D eigenvalue weighted by Crippen LogP contribution is -2.45. The summed E-state index contributed by atoms with van der Waals surface area (Å²) in [5.41, 5.74) is 0.467. The monoisotopic (exact) mass is 395 g/mol. The molecule has 1 saturated heterocycles. The molecule has 0 unspecified atom stereocenters. The first kappa shape index (κ1) is 19.4. The zero-order chi connectivity index (χ0) is 19.6. The van der Waals surface area contributed by atoms with E-state index in [4.69, 9.17) is 0 Å². The van der Waals surface area contributed by atoms with E-state index in [1.54, 1.807) is 17.0 Å². The second-order valence-electron chi connectivity index (χ2n) is 7.15. The predicted octanol–water partition coefficient (Wildman–Crippen LogP) is 1.15. The molecule has 1 amide bonds. The Bertz CT molecular complexity index is 928. The van der Waals surface area contributed by atoms with Crippen molar-refractivity contribution in [1.29, 1.82) is 0 Å². The maximum Gasteiger partial charge on any atom is 0.246 e.